The van der Waals surface area contributed by atoms with Gasteiger partial charge in [0.2, 0.25) is 5.91 Å². The zero-order valence-corrected chi connectivity index (χ0v) is 17.8. The van der Waals surface area contributed by atoms with E-state index in [9.17, 15) is 22.4 Å². The molecule has 0 spiro atoms. The van der Waals surface area contributed by atoms with E-state index in [1.54, 1.807) is 12.1 Å². The molecule has 0 unspecified atom stereocenters. The summed E-state index contributed by atoms with van der Waals surface area (Å²) in [5.41, 5.74) is 5.63. The van der Waals surface area contributed by atoms with Crippen LogP contribution in [0.1, 0.15) is 10.4 Å². The Hall–Kier alpha value is -3.92. The molecular weight excluding hydrogens is 437 g/mol. The van der Waals surface area contributed by atoms with Crippen LogP contribution in [0.15, 0.2) is 77.7 Å². The number of hydrogen-bond donors (Lipinski definition) is 2. The molecule has 2 amide bonds. The Morgan fingerprint density at radius 1 is 1.00 bits per heavy atom. The highest BCUT2D eigenvalue weighted by molar-refractivity contribution is 7.92. The van der Waals surface area contributed by atoms with E-state index in [0.717, 1.165) is 16.4 Å². The van der Waals surface area contributed by atoms with Crippen LogP contribution in [0.5, 0.6) is 5.75 Å². The molecule has 0 aliphatic heterocycles. The fraction of sp³-hybridized carbons (Fsp3) is 0.0909. The van der Waals surface area contributed by atoms with Crippen LogP contribution in [0, 0.1) is 5.82 Å². The van der Waals surface area contributed by atoms with Gasteiger partial charge in [-0.05, 0) is 60.7 Å². The maximum Gasteiger partial charge on any atom is 0.264 e. The quantitative estimate of drug-likeness (QED) is 0.539. The van der Waals surface area contributed by atoms with Crippen LogP contribution in [-0.4, -0.2) is 33.9 Å². The monoisotopic (exact) mass is 457 g/mol. The lowest BCUT2D eigenvalue weighted by Gasteiger charge is -2.24. The second kappa shape index (κ2) is 9.48. The van der Waals surface area contributed by atoms with E-state index in [1.165, 1.54) is 55.6 Å². The average Bonchev–Trinajstić information content (AvgIpc) is 2.78. The molecule has 3 aromatic carbocycles. The van der Waals surface area contributed by atoms with Crippen molar-refractivity contribution in [2.24, 2.45) is 5.73 Å². The number of benzene rings is 3. The number of nitrogens with one attached hydrogen (secondary N) is 1. The molecule has 0 aliphatic carbocycles. The molecule has 8 nitrogen and oxygen atoms in total. The summed E-state index contributed by atoms with van der Waals surface area (Å²) in [5, 5.41) is 2.51. The van der Waals surface area contributed by atoms with Crippen LogP contribution in [0.2, 0.25) is 0 Å². The van der Waals surface area contributed by atoms with Gasteiger partial charge in [0.15, 0.2) is 0 Å². The molecule has 0 aliphatic rings. The van der Waals surface area contributed by atoms with Gasteiger partial charge < -0.3 is 15.8 Å². The third kappa shape index (κ3) is 5.03. The van der Waals surface area contributed by atoms with Gasteiger partial charge in [-0.3, -0.25) is 13.9 Å². The first-order valence-corrected chi connectivity index (χ1v) is 10.8. The van der Waals surface area contributed by atoms with Gasteiger partial charge in [-0.15, -0.1) is 0 Å². The topological polar surface area (TPSA) is 119 Å². The molecular formula is C22H20FN3O5S. The number of sulfonamides is 1. The molecule has 3 aromatic rings. The Labute approximate surface area is 184 Å². The highest BCUT2D eigenvalue weighted by Crippen LogP contribution is 2.26. The van der Waals surface area contributed by atoms with Crippen molar-refractivity contribution in [1.82, 2.24) is 0 Å². The number of nitrogens with zero attached hydrogens (tertiary/aromatic N) is 1. The minimum Gasteiger partial charge on any atom is -0.497 e. The number of rotatable bonds is 8. The maximum absolute atomic E-state index is 13.4. The van der Waals surface area contributed by atoms with Gasteiger partial charge >= 0.3 is 0 Å². The molecule has 0 saturated carbocycles. The van der Waals surface area contributed by atoms with Crippen molar-refractivity contribution in [2.75, 3.05) is 23.3 Å². The van der Waals surface area contributed by atoms with Gasteiger partial charge in [0.25, 0.3) is 15.9 Å². The summed E-state index contributed by atoms with van der Waals surface area (Å²) in [7, 11) is -2.76. The largest absolute Gasteiger partial charge is 0.497 e. The zero-order chi connectivity index (χ0) is 23.3. The first kappa shape index (κ1) is 22.8. The molecule has 10 heteroatoms. The maximum atomic E-state index is 13.4. The number of methoxy groups -OCH3 is 1. The van der Waals surface area contributed by atoms with E-state index in [2.05, 4.69) is 5.32 Å². The van der Waals surface area contributed by atoms with Gasteiger partial charge in [0, 0.05) is 0 Å². The van der Waals surface area contributed by atoms with Crippen molar-refractivity contribution in [3.63, 3.8) is 0 Å². The normalized spacial score (nSPS) is 10.9. The first-order valence-electron chi connectivity index (χ1n) is 9.33. The number of para-hydroxylation sites is 1. The molecule has 3 rings (SSSR count). The lowest BCUT2D eigenvalue weighted by Crippen LogP contribution is -2.38. The molecule has 0 fully saturated rings. The first-order chi connectivity index (χ1) is 15.2. The minimum atomic E-state index is -4.20. The van der Waals surface area contributed by atoms with Crippen LogP contribution in [0.4, 0.5) is 15.8 Å². The number of amides is 2. The van der Waals surface area contributed by atoms with Gasteiger partial charge in [-0.2, -0.15) is 0 Å². The third-order valence-corrected chi connectivity index (χ3v) is 6.30. The van der Waals surface area contributed by atoms with Gasteiger partial charge in [0.05, 0.1) is 28.9 Å². The van der Waals surface area contributed by atoms with Crippen LogP contribution in [-0.2, 0) is 14.8 Å². The van der Waals surface area contributed by atoms with E-state index in [1.807, 2.05) is 0 Å². The molecule has 166 valence electrons. The van der Waals surface area contributed by atoms with Crippen molar-refractivity contribution in [2.45, 2.75) is 4.90 Å². The highest BCUT2D eigenvalue weighted by Gasteiger charge is 2.27. The molecule has 0 bridgehead atoms. The summed E-state index contributed by atoms with van der Waals surface area (Å²) >= 11 is 0. The van der Waals surface area contributed by atoms with Gasteiger partial charge in [-0.1, -0.05) is 12.1 Å². The number of carbonyl (C=O) groups excluding carboxylic acids is 2. The third-order valence-electron chi connectivity index (χ3n) is 4.52. The van der Waals surface area contributed by atoms with Crippen molar-refractivity contribution >= 4 is 33.2 Å². The summed E-state index contributed by atoms with van der Waals surface area (Å²) in [6.45, 7) is -0.632. The second-order valence-electron chi connectivity index (χ2n) is 6.62. The minimum absolute atomic E-state index is 0.0761. The smallest absolute Gasteiger partial charge is 0.264 e. The zero-order valence-electron chi connectivity index (χ0n) is 17.0. The number of hydrogen-bond acceptors (Lipinski definition) is 5. The van der Waals surface area contributed by atoms with Crippen molar-refractivity contribution in [3.8, 4) is 5.75 Å². The summed E-state index contributed by atoms with van der Waals surface area (Å²) in [4.78, 5) is 24.3. The Bertz CT molecular complexity index is 1230. The van der Waals surface area contributed by atoms with Crippen molar-refractivity contribution in [3.05, 3.63) is 84.2 Å². The van der Waals surface area contributed by atoms with E-state index < -0.39 is 34.2 Å². The fourth-order valence-electron chi connectivity index (χ4n) is 2.92. The van der Waals surface area contributed by atoms with E-state index in [-0.39, 0.29) is 21.8 Å². The number of halogens is 1. The molecule has 0 heterocycles. The predicted molar refractivity (Wildman–Crippen MR) is 118 cm³/mol. The molecule has 0 saturated heterocycles. The van der Waals surface area contributed by atoms with Crippen molar-refractivity contribution < 1.29 is 27.1 Å². The molecule has 3 N–H and O–H groups in total. The van der Waals surface area contributed by atoms with E-state index >= 15 is 0 Å². The average molecular weight is 457 g/mol. The number of carbonyl (C=O) groups is 2. The number of nitrogens with two attached hydrogens (primary N) is 1. The fourth-order valence-corrected chi connectivity index (χ4v) is 4.35. The Morgan fingerprint density at radius 2 is 1.62 bits per heavy atom. The van der Waals surface area contributed by atoms with Crippen LogP contribution >= 0.6 is 0 Å². The number of ether oxygens (including phenoxy) is 1. The Kier molecular flexibility index (Phi) is 6.74. The molecule has 0 aromatic heterocycles. The van der Waals surface area contributed by atoms with Crippen LogP contribution in [0.3, 0.4) is 0 Å². The molecule has 32 heavy (non-hydrogen) atoms. The standard InChI is InChI=1S/C22H20FN3O5S/c1-31-17-10-12-18(13-11-17)32(29,30)26(16-8-6-15(23)7-9-16)14-21(27)25-20-5-3-2-4-19(20)22(24)28/h2-13H,14H2,1H3,(H2,24,28)(H,25,27). The van der Waals surface area contributed by atoms with E-state index in [0.29, 0.717) is 5.75 Å². The van der Waals surface area contributed by atoms with Crippen LogP contribution < -0.4 is 20.1 Å². The number of primary amides is 1. The predicted octanol–water partition coefficient (Wildman–Crippen LogP) is 2.77. The Morgan fingerprint density at radius 3 is 2.22 bits per heavy atom. The highest BCUT2D eigenvalue weighted by atomic mass is 32.2. The van der Waals surface area contributed by atoms with Gasteiger partial charge in [0.1, 0.15) is 18.1 Å². The summed E-state index contributed by atoms with van der Waals surface area (Å²) in [6, 6.07) is 16.4. The Balaban J connectivity index is 1.95. The van der Waals surface area contributed by atoms with Crippen LogP contribution in [0.25, 0.3) is 0 Å². The lowest BCUT2D eigenvalue weighted by molar-refractivity contribution is -0.114. The van der Waals surface area contributed by atoms with Gasteiger partial charge in [-0.25, -0.2) is 12.8 Å². The SMILES string of the molecule is COc1ccc(S(=O)(=O)N(CC(=O)Nc2ccccc2C(N)=O)c2ccc(F)cc2)cc1. The number of anilines is 2. The molecule has 0 atom stereocenters. The van der Waals surface area contributed by atoms with Crippen molar-refractivity contribution in [1.29, 1.82) is 0 Å². The lowest BCUT2D eigenvalue weighted by atomic mass is 10.1. The second-order valence-corrected chi connectivity index (χ2v) is 8.48. The summed E-state index contributed by atoms with van der Waals surface area (Å²) in [6.07, 6.45) is 0. The summed E-state index contributed by atoms with van der Waals surface area (Å²) < 4.78 is 45.9. The summed E-state index contributed by atoms with van der Waals surface area (Å²) in [5.74, 6) is -1.57. The van der Waals surface area contributed by atoms with E-state index in [4.69, 9.17) is 10.5 Å². The molecule has 0 radical (unpaired) electrons.